The highest BCUT2D eigenvalue weighted by molar-refractivity contribution is 7.90. The van der Waals surface area contributed by atoms with Crippen LogP contribution >= 0.6 is 0 Å². The van der Waals surface area contributed by atoms with Gasteiger partial charge < -0.3 is 0 Å². The number of anilines is 1. The van der Waals surface area contributed by atoms with E-state index in [-0.39, 0.29) is 11.5 Å². The fraction of sp³-hybridized carbons (Fsp3) is 0.0769. The van der Waals surface area contributed by atoms with Gasteiger partial charge in [-0.2, -0.15) is 8.42 Å². The van der Waals surface area contributed by atoms with Crippen molar-refractivity contribution >= 4 is 21.5 Å². The van der Waals surface area contributed by atoms with Gasteiger partial charge in [-0.15, -0.1) is 4.40 Å². The molecule has 1 N–H and O–H groups in total. The van der Waals surface area contributed by atoms with Gasteiger partial charge in [0.05, 0.1) is 5.69 Å². The van der Waals surface area contributed by atoms with Crippen molar-refractivity contribution in [2.45, 2.75) is 4.90 Å². The fourth-order valence-electron chi connectivity index (χ4n) is 2.19. The highest BCUT2D eigenvalue weighted by Crippen LogP contribution is 2.34. The van der Waals surface area contributed by atoms with Crippen LogP contribution in [0.4, 0.5) is 14.5 Å². The molecule has 0 unspecified atom stereocenters. The molecular weight excluding hydrogens is 314 g/mol. The second-order valence-corrected chi connectivity index (χ2v) is 5.97. The molecule has 1 aromatic heterocycles. The maximum Gasteiger partial charge on any atom is 0.289 e. The Labute approximate surface area is 125 Å². The molecule has 0 bridgehead atoms. The van der Waals surface area contributed by atoms with E-state index < -0.39 is 26.6 Å². The van der Waals surface area contributed by atoms with Crippen LogP contribution in [0.25, 0.3) is 0 Å². The van der Waals surface area contributed by atoms with Crippen molar-refractivity contribution in [3.05, 3.63) is 53.9 Å². The van der Waals surface area contributed by atoms with Crippen molar-refractivity contribution < 1.29 is 17.2 Å². The summed E-state index contributed by atoms with van der Waals surface area (Å²) in [4.78, 5) is 3.22. The van der Waals surface area contributed by atoms with Gasteiger partial charge in [-0.25, -0.2) is 14.2 Å². The number of fused-ring (bicyclic) bond motifs is 1. The fourth-order valence-corrected chi connectivity index (χ4v) is 3.41. The van der Waals surface area contributed by atoms with Gasteiger partial charge in [0.15, 0.2) is 10.7 Å². The Morgan fingerprint density at radius 3 is 2.68 bits per heavy atom. The predicted molar refractivity (Wildman–Crippen MR) is 75.9 cm³/mol. The summed E-state index contributed by atoms with van der Waals surface area (Å²) in [5.74, 6) is -2.10. The zero-order valence-corrected chi connectivity index (χ0v) is 12.1. The number of hydrazine groups is 1. The molecule has 1 aliphatic heterocycles. The number of amidine groups is 1. The number of hydrogen-bond acceptors (Lipinski definition) is 5. The monoisotopic (exact) mass is 324 g/mol. The van der Waals surface area contributed by atoms with Crippen LogP contribution in [0, 0.1) is 11.6 Å². The van der Waals surface area contributed by atoms with Crippen LogP contribution in [0.2, 0.25) is 0 Å². The Hall–Kier alpha value is -2.39. The van der Waals surface area contributed by atoms with Gasteiger partial charge in [-0.1, -0.05) is 0 Å². The Morgan fingerprint density at radius 2 is 2.05 bits per heavy atom. The molecule has 0 saturated carbocycles. The van der Waals surface area contributed by atoms with E-state index in [9.17, 15) is 17.2 Å². The van der Waals surface area contributed by atoms with E-state index in [0.717, 1.165) is 6.07 Å². The second kappa shape index (κ2) is 5.11. The minimum atomic E-state index is -4.29. The summed E-state index contributed by atoms with van der Waals surface area (Å²) < 4.78 is 55.5. The summed E-state index contributed by atoms with van der Waals surface area (Å²) in [6, 6.07) is 4.62. The van der Waals surface area contributed by atoms with Gasteiger partial charge in [0.25, 0.3) is 10.0 Å². The van der Waals surface area contributed by atoms with Crippen molar-refractivity contribution in [2.24, 2.45) is 4.40 Å². The summed E-state index contributed by atoms with van der Waals surface area (Å²) in [7, 11) is -2.81. The van der Waals surface area contributed by atoms with Crippen LogP contribution in [0.1, 0.15) is 5.56 Å². The van der Waals surface area contributed by atoms with E-state index in [2.05, 4.69) is 14.8 Å². The molecule has 9 heteroatoms. The van der Waals surface area contributed by atoms with Gasteiger partial charge >= 0.3 is 0 Å². The molecule has 1 aliphatic rings. The van der Waals surface area contributed by atoms with Crippen molar-refractivity contribution in [1.82, 2.24) is 10.4 Å². The quantitative estimate of drug-likeness (QED) is 0.905. The number of aromatic nitrogens is 1. The largest absolute Gasteiger partial charge is 0.289 e. The summed E-state index contributed by atoms with van der Waals surface area (Å²) in [5, 5.41) is 1.19. The number of rotatable bonds is 2. The Bertz CT molecular complexity index is 869. The average molecular weight is 324 g/mol. The molecule has 114 valence electrons. The SMILES string of the molecule is CNN1C(c2cccnc2)=NS(=O)(=O)c2c(F)cc(F)cc21. The van der Waals surface area contributed by atoms with E-state index >= 15 is 0 Å². The van der Waals surface area contributed by atoms with E-state index in [0.29, 0.717) is 11.6 Å². The summed E-state index contributed by atoms with van der Waals surface area (Å²) in [6.45, 7) is 0. The number of hydrogen-bond donors (Lipinski definition) is 1. The van der Waals surface area contributed by atoms with E-state index in [1.165, 1.54) is 24.5 Å². The lowest BCUT2D eigenvalue weighted by Crippen LogP contribution is -2.44. The zero-order valence-electron chi connectivity index (χ0n) is 11.3. The number of benzene rings is 1. The van der Waals surface area contributed by atoms with Crippen LogP contribution in [-0.4, -0.2) is 26.3 Å². The molecule has 0 atom stereocenters. The third kappa shape index (κ3) is 2.24. The lowest BCUT2D eigenvalue weighted by Gasteiger charge is -2.29. The van der Waals surface area contributed by atoms with E-state index in [1.807, 2.05) is 0 Å². The maximum absolute atomic E-state index is 13.9. The van der Waals surface area contributed by atoms with Crippen molar-refractivity contribution in [1.29, 1.82) is 0 Å². The highest BCUT2D eigenvalue weighted by Gasteiger charge is 2.34. The second-order valence-electron chi connectivity index (χ2n) is 4.43. The summed E-state index contributed by atoms with van der Waals surface area (Å²) >= 11 is 0. The van der Waals surface area contributed by atoms with Crippen LogP contribution in [0.15, 0.2) is 46.0 Å². The zero-order chi connectivity index (χ0) is 15.9. The van der Waals surface area contributed by atoms with Gasteiger partial charge in [0.1, 0.15) is 11.6 Å². The number of sulfonamides is 1. The Balaban J connectivity index is 2.31. The molecule has 2 heterocycles. The van der Waals surface area contributed by atoms with Crippen LogP contribution in [0.3, 0.4) is 0 Å². The van der Waals surface area contributed by atoms with Gasteiger partial charge in [-0.05, 0) is 12.1 Å². The third-order valence-electron chi connectivity index (χ3n) is 3.05. The lowest BCUT2D eigenvalue weighted by molar-refractivity contribution is 0.547. The third-order valence-corrected chi connectivity index (χ3v) is 4.38. The van der Waals surface area contributed by atoms with Gasteiger partial charge in [0, 0.05) is 37.1 Å². The topological polar surface area (TPSA) is 74.7 Å². The molecule has 0 radical (unpaired) electrons. The van der Waals surface area contributed by atoms with Crippen LogP contribution in [-0.2, 0) is 10.0 Å². The summed E-state index contributed by atoms with van der Waals surface area (Å²) in [5.41, 5.74) is 2.89. The highest BCUT2D eigenvalue weighted by atomic mass is 32.2. The first-order chi connectivity index (χ1) is 10.4. The maximum atomic E-state index is 13.9. The summed E-state index contributed by atoms with van der Waals surface area (Å²) in [6.07, 6.45) is 2.91. The molecule has 0 aliphatic carbocycles. The first-order valence-electron chi connectivity index (χ1n) is 6.16. The minimum absolute atomic E-state index is 0.0203. The minimum Gasteiger partial charge on any atom is -0.264 e. The number of nitrogens with zero attached hydrogens (tertiary/aromatic N) is 3. The first kappa shape index (κ1) is 14.5. The normalized spacial score (nSPS) is 16.1. The number of pyridine rings is 1. The van der Waals surface area contributed by atoms with Crippen molar-refractivity contribution in [2.75, 3.05) is 12.1 Å². The molecular formula is C13H10F2N4O2S. The molecule has 0 amide bonds. The first-order valence-corrected chi connectivity index (χ1v) is 7.60. The van der Waals surface area contributed by atoms with E-state index in [1.54, 1.807) is 12.1 Å². The molecule has 0 fully saturated rings. The number of nitrogens with one attached hydrogen (secondary N) is 1. The number of halogens is 2. The Morgan fingerprint density at radius 1 is 1.27 bits per heavy atom. The lowest BCUT2D eigenvalue weighted by atomic mass is 10.2. The Kier molecular flexibility index (Phi) is 3.38. The smallest absolute Gasteiger partial charge is 0.264 e. The molecule has 6 nitrogen and oxygen atoms in total. The average Bonchev–Trinajstić information content (AvgIpc) is 2.46. The molecule has 0 spiro atoms. The molecule has 0 saturated heterocycles. The van der Waals surface area contributed by atoms with Crippen LogP contribution in [0.5, 0.6) is 0 Å². The standard InChI is InChI=1S/C13H10F2N4O2S/c1-16-19-11-6-9(14)5-10(15)12(11)22(20,21)18-13(19)8-3-2-4-17-7-8/h2-7,16H,1H3. The van der Waals surface area contributed by atoms with Crippen molar-refractivity contribution in [3.63, 3.8) is 0 Å². The molecule has 2 aromatic rings. The van der Waals surface area contributed by atoms with Gasteiger partial charge in [0.2, 0.25) is 0 Å². The molecule has 22 heavy (non-hydrogen) atoms. The molecule has 3 rings (SSSR count). The van der Waals surface area contributed by atoms with Gasteiger partial charge in [-0.3, -0.25) is 9.99 Å². The van der Waals surface area contributed by atoms with Crippen molar-refractivity contribution in [3.8, 4) is 0 Å². The van der Waals surface area contributed by atoms with Crippen LogP contribution < -0.4 is 10.4 Å². The van der Waals surface area contributed by atoms with E-state index in [4.69, 9.17) is 0 Å². The molecule has 1 aromatic carbocycles. The predicted octanol–water partition coefficient (Wildman–Crippen LogP) is 1.45.